The van der Waals surface area contributed by atoms with Gasteiger partial charge in [0.1, 0.15) is 0 Å². The van der Waals surface area contributed by atoms with E-state index in [1.54, 1.807) is 0 Å². The second-order valence-electron chi connectivity index (χ2n) is 5.63. The van der Waals surface area contributed by atoms with E-state index >= 15 is 0 Å². The molecule has 2 heterocycles. The van der Waals surface area contributed by atoms with Crippen LogP contribution in [0.25, 0.3) is 0 Å². The van der Waals surface area contributed by atoms with Crippen LogP contribution in [0, 0.1) is 0 Å². The van der Waals surface area contributed by atoms with Gasteiger partial charge >= 0.3 is 153 Å². The Bertz CT molecular complexity index is 596. The normalized spacial score (nSPS) is 15.8. The number of anilines is 2. The molecule has 0 radical (unpaired) electrons. The Kier molecular flexibility index (Phi) is 7.02. The first-order valence-corrected chi connectivity index (χ1v) is 12.6. The molecule has 23 heavy (non-hydrogen) atoms. The van der Waals surface area contributed by atoms with E-state index in [9.17, 15) is 0 Å². The van der Waals surface area contributed by atoms with Crippen molar-refractivity contribution in [3.8, 4) is 0 Å². The van der Waals surface area contributed by atoms with Crippen LogP contribution < -0.4 is 11.1 Å². The Morgan fingerprint density at radius 2 is 1.65 bits per heavy atom. The predicted molar refractivity (Wildman–Crippen MR) is 97.6 cm³/mol. The fourth-order valence-corrected chi connectivity index (χ4v) is 7.08. The van der Waals surface area contributed by atoms with Crippen molar-refractivity contribution < 1.29 is 0 Å². The van der Waals surface area contributed by atoms with Crippen molar-refractivity contribution in [3.05, 3.63) is 9.14 Å². The monoisotopic (exact) mass is 466 g/mol. The maximum atomic E-state index is 5.64. The Balaban J connectivity index is 1.32. The number of rotatable bonds is 8. The molecule has 2 aromatic heterocycles. The van der Waals surface area contributed by atoms with Crippen LogP contribution in [0.3, 0.4) is 0 Å². The van der Waals surface area contributed by atoms with Gasteiger partial charge in [-0.2, -0.15) is 0 Å². The van der Waals surface area contributed by atoms with E-state index in [1.807, 2.05) is 11.8 Å². The summed E-state index contributed by atoms with van der Waals surface area (Å²) in [6, 6.07) is 0.636. The second-order valence-corrected chi connectivity index (χ2v) is 11.4. The summed E-state index contributed by atoms with van der Waals surface area (Å²) in [4.78, 5) is 0. The van der Waals surface area contributed by atoms with Crippen molar-refractivity contribution in [2.45, 2.75) is 51.0 Å². The number of aryl methyl sites for hydroxylation is 2. The van der Waals surface area contributed by atoms with E-state index < -0.39 is 0 Å². The summed E-state index contributed by atoms with van der Waals surface area (Å²) in [6.45, 7) is 0. The molecule has 0 aromatic carbocycles. The third-order valence-electron chi connectivity index (χ3n) is 3.80. The third-order valence-corrected chi connectivity index (χ3v) is 8.41. The standard InChI is InChI=1S/C14H22N6SSe2/c15-13-19-17-11(22-13)6-8-21-9-7-12-18-20-14(23-12)16-10-4-2-1-3-5-10/h10H,1-9H2,(H2,15,19)(H,16,20). The quantitative estimate of drug-likeness (QED) is 0.449. The average molecular weight is 464 g/mol. The van der Waals surface area contributed by atoms with Gasteiger partial charge in [-0.25, -0.2) is 0 Å². The van der Waals surface area contributed by atoms with Crippen LogP contribution in [0.4, 0.5) is 9.38 Å². The molecule has 3 rings (SSSR count). The molecule has 0 aliphatic heterocycles. The van der Waals surface area contributed by atoms with Crippen molar-refractivity contribution in [3.63, 3.8) is 0 Å². The summed E-state index contributed by atoms with van der Waals surface area (Å²) in [7, 11) is 0. The fourth-order valence-electron chi connectivity index (χ4n) is 2.62. The van der Waals surface area contributed by atoms with E-state index in [4.69, 9.17) is 5.73 Å². The summed E-state index contributed by atoms with van der Waals surface area (Å²) in [5, 5.41) is 20.3. The maximum absolute atomic E-state index is 5.64. The third kappa shape index (κ3) is 5.91. The topological polar surface area (TPSA) is 89.6 Å². The zero-order valence-electron chi connectivity index (χ0n) is 13.0. The molecule has 2 aromatic rings. The van der Waals surface area contributed by atoms with Crippen molar-refractivity contribution in [2.24, 2.45) is 0 Å². The zero-order valence-corrected chi connectivity index (χ0v) is 17.3. The Hall–Kier alpha value is -0.331. The number of hydrogen-bond donors (Lipinski definition) is 2. The molecule has 0 saturated heterocycles. The van der Waals surface area contributed by atoms with Gasteiger partial charge in [0, 0.05) is 0 Å². The van der Waals surface area contributed by atoms with Crippen LogP contribution in [-0.2, 0) is 12.8 Å². The van der Waals surface area contributed by atoms with Crippen LogP contribution >= 0.6 is 11.8 Å². The summed E-state index contributed by atoms with van der Waals surface area (Å²) in [5.74, 6) is 2.21. The average Bonchev–Trinajstić information content (AvgIpc) is 3.17. The summed E-state index contributed by atoms with van der Waals surface area (Å²) in [5.41, 5.74) is 5.64. The van der Waals surface area contributed by atoms with E-state index in [1.165, 1.54) is 41.2 Å². The Morgan fingerprint density at radius 1 is 0.957 bits per heavy atom. The molecule has 3 N–H and O–H groups in total. The first-order chi connectivity index (χ1) is 11.3. The molecule has 0 amide bonds. The molecule has 0 atom stereocenters. The molecule has 126 valence electrons. The number of nitrogens with two attached hydrogens (primary N) is 1. The van der Waals surface area contributed by atoms with Crippen LogP contribution in [0.5, 0.6) is 0 Å². The molecule has 1 fully saturated rings. The van der Waals surface area contributed by atoms with Crippen molar-refractivity contribution in [2.75, 3.05) is 22.6 Å². The first kappa shape index (κ1) is 17.5. The number of nitrogen functional groups attached to an aromatic ring is 1. The van der Waals surface area contributed by atoms with Crippen LogP contribution in [0.1, 0.15) is 41.2 Å². The van der Waals surface area contributed by atoms with Gasteiger partial charge < -0.3 is 0 Å². The molecule has 0 spiro atoms. The van der Waals surface area contributed by atoms with Crippen molar-refractivity contribution in [1.82, 2.24) is 20.4 Å². The molecule has 1 aliphatic rings. The Labute approximate surface area is 152 Å². The number of nitrogens with one attached hydrogen (secondary N) is 1. The minimum absolute atomic E-state index is 0.201. The molecule has 6 nitrogen and oxygen atoms in total. The minimum atomic E-state index is 0.201. The fraction of sp³-hybridized carbons (Fsp3) is 0.714. The van der Waals surface area contributed by atoms with E-state index in [-0.39, 0.29) is 14.5 Å². The molecular weight excluding hydrogens is 442 g/mol. The van der Waals surface area contributed by atoms with Crippen molar-refractivity contribution >= 4 is 50.2 Å². The summed E-state index contributed by atoms with van der Waals surface area (Å²) < 4.78 is 4.29. The number of hydrogen-bond acceptors (Lipinski definition) is 7. The van der Waals surface area contributed by atoms with E-state index in [0.29, 0.717) is 25.2 Å². The molecule has 0 bridgehead atoms. The molecule has 9 heteroatoms. The van der Waals surface area contributed by atoms with Gasteiger partial charge in [-0.05, 0) is 0 Å². The van der Waals surface area contributed by atoms with Gasteiger partial charge in [0.2, 0.25) is 0 Å². The van der Waals surface area contributed by atoms with E-state index in [0.717, 1.165) is 29.0 Å². The van der Waals surface area contributed by atoms with Crippen LogP contribution in [0.2, 0.25) is 0 Å². The molecule has 0 unspecified atom stereocenters. The van der Waals surface area contributed by atoms with E-state index in [2.05, 4.69) is 25.7 Å². The van der Waals surface area contributed by atoms with Gasteiger partial charge in [-0.15, -0.1) is 0 Å². The van der Waals surface area contributed by atoms with Gasteiger partial charge in [0.05, 0.1) is 0 Å². The van der Waals surface area contributed by atoms with Crippen LogP contribution in [0.15, 0.2) is 0 Å². The second kappa shape index (κ2) is 9.23. The van der Waals surface area contributed by atoms with Crippen molar-refractivity contribution in [1.29, 1.82) is 0 Å². The number of nitrogens with zero attached hydrogens (tertiary/aromatic N) is 4. The van der Waals surface area contributed by atoms with Crippen LogP contribution in [-0.4, -0.2) is 66.9 Å². The molecule has 1 saturated carbocycles. The van der Waals surface area contributed by atoms with Gasteiger partial charge in [-0.1, -0.05) is 0 Å². The molecular formula is C14H22N6SSe2. The van der Waals surface area contributed by atoms with Gasteiger partial charge in [0.25, 0.3) is 0 Å². The number of thioether (sulfide) groups is 1. The van der Waals surface area contributed by atoms with Gasteiger partial charge in [-0.3, -0.25) is 0 Å². The molecule has 1 aliphatic carbocycles. The Morgan fingerprint density at radius 3 is 2.35 bits per heavy atom. The summed E-state index contributed by atoms with van der Waals surface area (Å²) >= 11 is 2.48. The predicted octanol–water partition coefficient (Wildman–Crippen LogP) is 1.23. The van der Waals surface area contributed by atoms with Gasteiger partial charge in [0.15, 0.2) is 0 Å². The number of aromatic nitrogens is 4. The zero-order chi connectivity index (χ0) is 15.9. The summed E-state index contributed by atoms with van der Waals surface area (Å²) in [6.07, 6.45) is 8.75. The first-order valence-electron chi connectivity index (χ1n) is 8.04. The SMILES string of the molecule is Nc1nnc(CCSCCc2nnc(NC3CCCCC3)[se]2)[se]1.